The quantitative estimate of drug-likeness (QED) is 0.732. The number of aromatic nitrogens is 2. The lowest BCUT2D eigenvalue weighted by Gasteiger charge is -2.20. The summed E-state index contributed by atoms with van der Waals surface area (Å²) >= 11 is 1.07. The Morgan fingerprint density at radius 1 is 1.59 bits per heavy atom. The van der Waals surface area contributed by atoms with E-state index in [0.29, 0.717) is 5.16 Å². The highest BCUT2D eigenvalue weighted by molar-refractivity contribution is 7.99. The second-order valence-corrected chi connectivity index (χ2v) is 4.83. The Balaban J connectivity index is 2.92. The van der Waals surface area contributed by atoms with Gasteiger partial charge in [-0.2, -0.15) is 0 Å². The summed E-state index contributed by atoms with van der Waals surface area (Å²) in [6.45, 7) is 3.75. The van der Waals surface area contributed by atoms with E-state index in [1.807, 2.05) is 13.8 Å². The molecule has 0 aromatic carbocycles. The van der Waals surface area contributed by atoms with E-state index in [4.69, 9.17) is 10.8 Å². The van der Waals surface area contributed by atoms with Gasteiger partial charge in [-0.25, -0.2) is 4.98 Å². The van der Waals surface area contributed by atoms with Crippen LogP contribution in [0.2, 0.25) is 0 Å². The molecule has 94 valence electrons. The van der Waals surface area contributed by atoms with Crippen molar-refractivity contribution in [2.45, 2.75) is 25.0 Å². The zero-order valence-corrected chi connectivity index (χ0v) is 10.5. The first-order valence-electron chi connectivity index (χ1n) is 5.10. The number of aliphatic carboxylic acids is 1. The lowest BCUT2D eigenvalue weighted by atomic mass is 10.0. The number of carbonyl (C=O) groups is 2. The third kappa shape index (κ3) is 3.48. The fourth-order valence-corrected chi connectivity index (χ4v) is 2.25. The first-order chi connectivity index (χ1) is 7.93. The Morgan fingerprint density at radius 2 is 2.24 bits per heavy atom. The SMILES string of the molecule is CC(C)C(C(N)=O)n1ccnc1SCC(=O)O. The normalized spacial score (nSPS) is 12.6. The molecule has 0 saturated carbocycles. The van der Waals surface area contributed by atoms with Crippen molar-refractivity contribution in [3.8, 4) is 0 Å². The summed E-state index contributed by atoms with van der Waals surface area (Å²) in [5.74, 6) is -1.45. The molecule has 0 fully saturated rings. The number of nitrogens with two attached hydrogens (primary N) is 1. The van der Waals surface area contributed by atoms with Crippen LogP contribution in [0.25, 0.3) is 0 Å². The lowest BCUT2D eigenvalue weighted by molar-refractivity contribution is -0.133. The minimum Gasteiger partial charge on any atom is -0.481 e. The number of hydrogen-bond donors (Lipinski definition) is 2. The van der Waals surface area contributed by atoms with Crippen molar-refractivity contribution < 1.29 is 14.7 Å². The molecule has 6 nitrogen and oxygen atoms in total. The zero-order chi connectivity index (χ0) is 13.0. The van der Waals surface area contributed by atoms with Gasteiger partial charge >= 0.3 is 5.97 Å². The number of imidazole rings is 1. The van der Waals surface area contributed by atoms with Gasteiger partial charge in [-0.1, -0.05) is 25.6 Å². The topological polar surface area (TPSA) is 98.2 Å². The molecule has 1 atom stereocenters. The Bertz CT molecular complexity index is 417. The third-order valence-electron chi connectivity index (χ3n) is 2.18. The van der Waals surface area contributed by atoms with Crippen LogP contribution in [0, 0.1) is 5.92 Å². The molecular formula is C10H15N3O3S. The van der Waals surface area contributed by atoms with Crippen molar-refractivity contribution in [2.75, 3.05) is 5.75 Å². The molecule has 17 heavy (non-hydrogen) atoms. The summed E-state index contributed by atoms with van der Waals surface area (Å²) in [7, 11) is 0. The molecule has 0 aliphatic heterocycles. The van der Waals surface area contributed by atoms with Crippen molar-refractivity contribution in [3.05, 3.63) is 12.4 Å². The van der Waals surface area contributed by atoms with E-state index in [1.54, 1.807) is 10.8 Å². The summed E-state index contributed by atoms with van der Waals surface area (Å²) in [4.78, 5) is 25.9. The van der Waals surface area contributed by atoms with Crippen LogP contribution in [-0.4, -0.2) is 32.3 Å². The second kappa shape index (κ2) is 5.72. The summed E-state index contributed by atoms with van der Waals surface area (Å²) < 4.78 is 1.63. The van der Waals surface area contributed by atoms with Crippen LogP contribution in [0.1, 0.15) is 19.9 Å². The van der Waals surface area contributed by atoms with E-state index < -0.39 is 17.9 Å². The molecule has 7 heteroatoms. The average molecular weight is 257 g/mol. The van der Waals surface area contributed by atoms with Gasteiger partial charge in [0, 0.05) is 12.4 Å². The standard InChI is InChI=1S/C10H15N3O3S/c1-6(2)8(9(11)16)13-4-3-12-10(13)17-5-7(14)15/h3-4,6,8H,5H2,1-2H3,(H2,11,16)(H,14,15). The van der Waals surface area contributed by atoms with Crippen molar-refractivity contribution in [1.29, 1.82) is 0 Å². The predicted octanol–water partition coefficient (Wildman–Crippen LogP) is 0.742. The number of rotatable bonds is 6. The number of thioether (sulfide) groups is 1. The van der Waals surface area contributed by atoms with Crippen LogP contribution in [0.3, 0.4) is 0 Å². The van der Waals surface area contributed by atoms with Crippen LogP contribution < -0.4 is 5.73 Å². The van der Waals surface area contributed by atoms with Crippen LogP contribution in [0.4, 0.5) is 0 Å². The number of carboxylic acids is 1. The number of amides is 1. The summed E-state index contributed by atoms with van der Waals surface area (Å²) in [6.07, 6.45) is 3.17. The molecule has 0 aliphatic carbocycles. The Kier molecular flexibility index (Phi) is 4.56. The van der Waals surface area contributed by atoms with Gasteiger partial charge in [-0.15, -0.1) is 0 Å². The minimum absolute atomic E-state index is 0.0193. The highest BCUT2D eigenvalue weighted by atomic mass is 32.2. The molecule has 0 aliphatic rings. The van der Waals surface area contributed by atoms with E-state index in [1.165, 1.54) is 6.20 Å². The maximum Gasteiger partial charge on any atom is 0.313 e. The zero-order valence-electron chi connectivity index (χ0n) is 9.66. The van der Waals surface area contributed by atoms with Crippen molar-refractivity contribution in [1.82, 2.24) is 9.55 Å². The molecule has 0 saturated heterocycles. The van der Waals surface area contributed by atoms with Gasteiger partial charge in [0.1, 0.15) is 6.04 Å². The van der Waals surface area contributed by atoms with E-state index in [2.05, 4.69) is 4.98 Å². The van der Waals surface area contributed by atoms with Crippen molar-refractivity contribution in [3.63, 3.8) is 0 Å². The number of nitrogens with zero attached hydrogens (tertiary/aromatic N) is 2. The fraction of sp³-hybridized carbons (Fsp3) is 0.500. The molecule has 0 radical (unpaired) electrons. The predicted molar refractivity (Wildman–Crippen MR) is 63.7 cm³/mol. The maximum atomic E-state index is 11.4. The van der Waals surface area contributed by atoms with Gasteiger partial charge in [0.05, 0.1) is 5.75 Å². The first kappa shape index (κ1) is 13.6. The summed E-state index contributed by atoms with van der Waals surface area (Å²) in [5, 5.41) is 9.10. The molecule has 1 rings (SSSR count). The monoisotopic (exact) mass is 257 g/mol. The van der Waals surface area contributed by atoms with Gasteiger partial charge in [-0.05, 0) is 5.92 Å². The molecule has 1 aromatic heterocycles. The number of carbonyl (C=O) groups excluding carboxylic acids is 1. The Labute approximate surface area is 103 Å². The van der Waals surface area contributed by atoms with Crippen molar-refractivity contribution in [2.24, 2.45) is 11.7 Å². The molecular weight excluding hydrogens is 242 g/mol. The molecule has 0 spiro atoms. The maximum absolute atomic E-state index is 11.4. The van der Waals surface area contributed by atoms with E-state index in [-0.39, 0.29) is 11.7 Å². The highest BCUT2D eigenvalue weighted by Gasteiger charge is 2.24. The molecule has 1 aromatic rings. The molecule has 1 amide bonds. The van der Waals surface area contributed by atoms with Gasteiger partial charge in [0.2, 0.25) is 5.91 Å². The number of carboxylic acid groups (broad SMARTS) is 1. The van der Waals surface area contributed by atoms with Crippen molar-refractivity contribution >= 4 is 23.6 Å². The summed E-state index contributed by atoms with van der Waals surface area (Å²) in [5.41, 5.74) is 5.34. The van der Waals surface area contributed by atoms with Gasteiger partial charge in [0.25, 0.3) is 0 Å². The number of hydrogen-bond acceptors (Lipinski definition) is 4. The second-order valence-electron chi connectivity index (χ2n) is 3.89. The largest absolute Gasteiger partial charge is 0.481 e. The van der Waals surface area contributed by atoms with Crippen LogP contribution in [0.15, 0.2) is 17.6 Å². The van der Waals surface area contributed by atoms with Gasteiger partial charge in [0.15, 0.2) is 5.16 Å². The Hall–Kier alpha value is -1.50. The average Bonchev–Trinajstić information content (AvgIpc) is 2.61. The van der Waals surface area contributed by atoms with E-state index in [0.717, 1.165) is 11.8 Å². The van der Waals surface area contributed by atoms with Gasteiger partial charge in [-0.3, -0.25) is 9.59 Å². The summed E-state index contributed by atoms with van der Waals surface area (Å²) in [6, 6.07) is -0.506. The van der Waals surface area contributed by atoms with Crippen LogP contribution in [-0.2, 0) is 9.59 Å². The molecule has 3 N–H and O–H groups in total. The Morgan fingerprint density at radius 3 is 2.71 bits per heavy atom. The molecule has 1 heterocycles. The first-order valence-corrected chi connectivity index (χ1v) is 6.08. The third-order valence-corrected chi connectivity index (χ3v) is 3.15. The lowest BCUT2D eigenvalue weighted by Crippen LogP contribution is -2.30. The fourth-order valence-electron chi connectivity index (χ4n) is 1.54. The minimum atomic E-state index is -0.926. The van der Waals surface area contributed by atoms with Crippen LogP contribution in [0.5, 0.6) is 0 Å². The van der Waals surface area contributed by atoms with E-state index >= 15 is 0 Å². The van der Waals surface area contributed by atoms with Gasteiger partial charge < -0.3 is 15.4 Å². The molecule has 0 bridgehead atoms. The van der Waals surface area contributed by atoms with E-state index in [9.17, 15) is 9.59 Å². The van der Waals surface area contributed by atoms with Crippen LogP contribution >= 0.6 is 11.8 Å². The molecule has 1 unspecified atom stereocenters. The smallest absolute Gasteiger partial charge is 0.313 e. The number of primary amides is 1. The highest BCUT2D eigenvalue weighted by Crippen LogP contribution is 2.24.